The average molecular weight is 281 g/mol. The molecule has 1 heterocycles. The summed E-state index contributed by atoms with van der Waals surface area (Å²) >= 11 is 0. The van der Waals surface area contributed by atoms with Crippen LogP contribution in [0.3, 0.4) is 0 Å². The van der Waals surface area contributed by atoms with Gasteiger partial charge in [-0.15, -0.1) is 0 Å². The number of rotatable bonds is 7. The molecule has 0 amide bonds. The summed E-state index contributed by atoms with van der Waals surface area (Å²) in [4.78, 5) is 9.15. The first-order valence-electron chi connectivity index (χ1n) is 7.26. The monoisotopic (exact) mass is 281 g/mol. The van der Waals surface area contributed by atoms with Gasteiger partial charge >= 0.3 is 0 Å². The lowest BCUT2D eigenvalue weighted by molar-refractivity contribution is 0.227. The molecule has 0 spiro atoms. The number of hydrogen-bond donors (Lipinski definition) is 2. The lowest BCUT2D eigenvalue weighted by atomic mass is 9.95. The van der Waals surface area contributed by atoms with Crippen LogP contribution in [0.15, 0.2) is 0 Å². The van der Waals surface area contributed by atoms with Crippen LogP contribution in [0.25, 0.3) is 0 Å². The standard InChI is InChI=1S/C15H27N3O2/c1-6-8-16-12-11(2)13(20-10-7-9-19)18-14(17-12)15(3,4)5/h19H,6-10H2,1-5H3,(H,16,17,18). The van der Waals surface area contributed by atoms with Crippen molar-refractivity contribution in [2.45, 2.75) is 52.9 Å². The van der Waals surface area contributed by atoms with E-state index in [0.29, 0.717) is 18.9 Å². The second kappa shape index (κ2) is 7.43. The first kappa shape index (κ1) is 16.7. The van der Waals surface area contributed by atoms with E-state index in [9.17, 15) is 0 Å². The van der Waals surface area contributed by atoms with E-state index in [1.54, 1.807) is 0 Å². The van der Waals surface area contributed by atoms with E-state index in [4.69, 9.17) is 9.84 Å². The zero-order valence-electron chi connectivity index (χ0n) is 13.3. The summed E-state index contributed by atoms with van der Waals surface area (Å²) in [7, 11) is 0. The van der Waals surface area contributed by atoms with Crippen LogP contribution in [0.5, 0.6) is 5.88 Å². The zero-order chi connectivity index (χ0) is 15.2. The highest BCUT2D eigenvalue weighted by atomic mass is 16.5. The average Bonchev–Trinajstić information content (AvgIpc) is 2.38. The molecule has 0 aliphatic heterocycles. The van der Waals surface area contributed by atoms with E-state index in [0.717, 1.165) is 30.2 Å². The summed E-state index contributed by atoms with van der Waals surface area (Å²) < 4.78 is 5.68. The molecule has 0 saturated carbocycles. The summed E-state index contributed by atoms with van der Waals surface area (Å²) in [5.41, 5.74) is 0.787. The topological polar surface area (TPSA) is 67.3 Å². The van der Waals surface area contributed by atoms with Gasteiger partial charge in [-0.25, -0.2) is 4.98 Å². The number of aliphatic hydroxyl groups excluding tert-OH is 1. The van der Waals surface area contributed by atoms with Gasteiger partial charge in [-0.2, -0.15) is 4.98 Å². The minimum atomic E-state index is -0.133. The minimum absolute atomic E-state index is 0.122. The molecule has 0 unspecified atom stereocenters. The molecule has 0 atom stereocenters. The summed E-state index contributed by atoms with van der Waals surface area (Å²) in [5.74, 6) is 2.21. The third-order valence-corrected chi connectivity index (χ3v) is 2.86. The van der Waals surface area contributed by atoms with Crippen LogP contribution in [0.4, 0.5) is 5.82 Å². The SMILES string of the molecule is CCCNc1nc(C(C)(C)C)nc(OCCCO)c1C. The molecular formula is C15H27N3O2. The highest BCUT2D eigenvalue weighted by Gasteiger charge is 2.21. The third-order valence-electron chi connectivity index (χ3n) is 2.86. The van der Waals surface area contributed by atoms with Crippen molar-refractivity contribution in [2.24, 2.45) is 0 Å². The molecule has 0 aliphatic rings. The van der Waals surface area contributed by atoms with E-state index < -0.39 is 0 Å². The number of hydrogen-bond acceptors (Lipinski definition) is 5. The Morgan fingerprint density at radius 3 is 2.50 bits per heavy atom. The summed E-state index contributed by atoms with van der Waals surface area (Å²) in [5, 5.41) is 12.2. The number of nitrogens with zero attached hydrogens (tertiary/aromatic N) is 2. The molecule has 114 valence electrons. The predicted octanol–water partition coefficient (Wildman–Crippen LogP) is 2.67. The fourth-order valence-corrected chi connectivity index (χ4v) is 1.62. The lowest BCUT2D eigenvalue weighted by Crippen LogP contribution is -2.19. The Balaban J connectivity index is 3.06. The van der Waals surface area contributed by atoms with Gasteiger partial charge in [0.05, 0.1) is 12.2 Å². The maximum absolute atomic E-state index is 8.84. The van der Waals surface area contributed by atoms with E-state index in [-0.39, 0.29) is 12.0 Å². The van der Waals surface area contributed by atoms with E-state index in [2.05, 4.69) is 43.0 Å². The number of aromatic nitrogens is 2. The van der Waals surface area contributed by atoms with Crippen LogP contribution in [0.1, 0.15) is 51.9 Å². The smallest absolute Gasteiger partial charge is 0.221 e. The van der Waals surface area contributed by atoms with Gasteiger partial charge < -0.3 is 15.2 Å². The van der Waals surface area contributed by atoms with Gasteiger partial charge in [0.1, 0.15) is 11.6 Å². The van der Waals surface area contributed by atoms with Gasteiger partial charge in [0.15, 0.2) is 0 Å². The van der Waals surface area contributed by atoms with Crippen LogP contribution in [-0.2, 0) is 5.41 Å². The third kappa shape index (κ3) is 4.63. The van der Waals surface area contributed by atoms with Crippen molar-refractivity contribution in [1.82, 2.24) is 9.97 Å². The molecule has 0 fully saturated rings. The number of anilines is 1. The molecular weight excluding hydrogens is 254 g/mol. The molecule has 1 aromatic rings. The Morgan fingerprint density at radius 1 is 1.25 bits per heavy atom. The van der Waals surface area contributed by atoms with Gasteiger partial charge in [-0.05, 0) is 13.3 Å². The second-order valence-electron chi connectivity index (χ2n) is 5.93. The van der Waals surface area contributed by atoms with E-state index in [1.807, 2.05) is 6.92 Å². The van der Waals surface area contributed by atoms with Crippen LogP contribution >= 0.6 is 0 Å². The van der Waals surface area contributed by atoms with E-state index in [1.165, 1.54) is 0 Å². The number of nitrogens with one attached hydrogen (secondary N) is 1. The van der Waals surface area contributed by atoms with Gasteiger partial charge in [-0.3, -0.25) is 0 Å². The zero-order valence-corrected chi connectivity index (χ0v) is 13.3. The Bertz CT molecular complexity index is 428. The van der Waals surface area contributed by atoms with Crippen LogP contribution < -0.4 is 10.1 Å². The Hall–Kier alpha value is -1.36. The normalized spacial score (nSPS) is 11.5. The highest BCUT2D eigenvalue weighted by molar-refractivity contribution is 5.49. The molecule has 0 aromatic carbocycles. The molecule has 20 heavy (non-hydrogen) atoms. The molecule has 0 radical (unpaired) electrons. The van der Waals surface area contributed by atoms with Crippen molar-refractivity contribution in [1.29, 1.82) is 0 Å². The largest absolute Gasteiger partial charge is 0.477 e. The first-order chi connectivity index (χ1) is 9.40. The fraction of sp³-hybridized carbons (Fsp3) is 0.733. The van der Waals surface area contributed by atoms with Gasteiger partial charge in [0.2, 0.25) is 5.88 Å². The van der Waals surface area contributed by atoms with Crippen molar-refractivity contribution in [3.63, 3.8) is 0 Å². The molecule has 2 N–H and O–H groups in total. The van der Waals surface area contributed by atoms with Crippen molar-refractivity contribution in [2.75, 3.05) is 25.1 Å². The van der Waals surface area contributed by atoms with Crippen LogP contribution in [0, 0.1) is 6.92 Å². The Labute approximate surface area is 121 Å². The maximum Gasteiger partial charge on any atom is 0.221 e. The quantitative estimate of drug-likeness (QED) is 0.752. The predicted molar refractivity (Wildman–Crippen MR) is 81.4 cm³/mol. The summed E-state index contributed by atoms with van der Waals surface area (Å²) in [6.45, 7) is 11.8. The van der Waals surface area contributed by atoms with Crippen molar-refractivity contribution in [3.05, 3.63) is 11.4 Å². The van der Waals surface area contributed by atoms with Gasteiger partial charge in [-0.1, -0.05) is 27.7 Å². The van der Waals surface area contributed by atoms with E-state index >= 15 is 0 Å². The minimum Gasteiger partial charge on any atom is -0.477 e. The number of ether oxygens (including phenoxy) is 1. The second-order valence-corrected chi connectivity index (χ2v) is 5.93. The lowest BCUT2D eigenvalue weighted by Gasteiger charge is -2.20. The van der Waals surface area contributed by atoms with Crippen LogP contribution in [-0.4, -0.2) is 34.8 Å². The molecule has 0 aliphatic carbocycles. The molecule has 0 bridgehead atoms. The first-order valence-corrected chi connectivity index (χ1v) is 7.26. The molecule has 1 aromatic heterocycles. The molecule has 1 rings (SSSR count). The molecule has 5 nitrogen and oxygen atoms in total. The summed E-state index contributed by atoms with van der Waals surface area (Å²) in [6.07, 6.45) is 1.64. The van der Waals surface area contributed by atoms with Gasteiger partial charge in [0, 0.05) is 25.0 Å². The molecule has 5 heteroatoms. The summed E-state index contributed by atoms with van der Waals surface area (Å²) in [6, 6.07) is 0. The van der Waals surface area contributed by atoms with Crippen molar-refractivity contribution >= 4 is 5.82 Å². The van der Waals surface area contributed by atoms with Crippen molar-refractivity contribution < 1.29 is 9.84 Å². The van der Waals surface area contributed by atoms with Crippen LogP contribution in [0.2, 0.25) is 0 Å². The molecule has 0 saturated heterocycles. The Morgan fingerprint density at radius 2 is 1.95 bits per heavy atom. The highest BCUT2D eigenvalue weighted by Crippen LogP contribution is 2.27. The Kier molecular flexibility index (Phi) is 6.20. The van der Waals surface area contributed by atoms with Crippen molar-refractivity contribution in [3.8, 4) is 5.88 Å². The number of aliphatic hydroxyl groups is 1. The fourth-order valence-electron chi connectivity index (χ4n) is 1.62. The maximum atomic E-state index is 8.84. The van der Waals surface area contributed by atoms with Gasteiger partial charge in [0.25, 0.3) is 0 Å².